The normalized spacial score (nSPS) is 26.9. The molecule has 1 amide bonds. The summed E-state index contributed by atoms with van der Waals surface area (Å²) in [6, 6.07) is 4.09. The van der Waals surface area contributed by atoms with E-state index in [4.69, 9.17) is 0 Å². The van der Waals surface area contributed by atoms with Crippen LogP contribution >= 0.6 is 0 Å². The number of aromatic nitrogens is 1. The second-order valence-corrected chi connectivity index (χ2v) is 4.99. The van der Waals surface area contributed by atoms with Crippen molar-refractivity contribution in [2.24, 2.45) is 11.8 Å². The van der Waals surface area contributed by atoms with Gasteiger partial charge in [-0.15, -0.1) is 0 Å². The molecule has 2 aliphatic rings. The van der Waals surface area contributed by atoms with Gasteiger partial charge in [0.15, 0.2) is 0 Å². The van der Waals surface area contributed by atoms with E-state index in [-0.39, 0.29) is 5.91 Å². The van der Waals surface area contributed by atoms with Gasteiger partial charge in [0, 0.05) is 32.4 Å². The number of allylic oxidation sites excluding steroid dienone is 1. The van der Waals surface area contributed by atoms with Gasteiger partial charge in [-0.3, -0.25) is 9.78 Å². The van der Waals surface area contributed by atoms with Crippen LogP contribution in [0.25, 0.3) is 5.57 Å². The zero-order valence-electron chi connectivity index (χ0n) is 9.97. The molecular weight excluding hydrogens is 212 g/mol. The first-order valence-corrected chi connectivity index (χ1v) is 6.10. The Balaban J connectivity index is 1.78. The van der Waals surface area contributed by atoms with Crippen LogP contribution < -0.4 is 0 Å². The molecule has 3 rings (SSSR count). The molecule has 1 aromatic rings. The first kappa shape index (κ1) is 10.5. The molecule has 1 saturated heterocycles. The number of pyridine rings is 1. The minimum absolute atomic E-state index is 0.204. The summed E-state index contributed by atoms with van der Waals surface area (Å²) in [5.74, 6) is 1.37. The molecule has 0 spiro atoms. The highest BCUT2D eigenvalue weighted by atomic mass is 16.2. The Morgan fingerprint density at radius 3 is 3.00 bits per heavy atom. The van der Waals surface area contributed by atoms with Crippen LogP contribution in [0.2, 0.25) is 0 Å². The van der Waals surface area contributed by atoms with Crippen molar-refractivity contribution in [2.75, 3.05) is 13.1 Å². The Hall–Kier alpha value is -1.64. The maximum atomic E-state index is 11.3. The fourth-order valence-corrected chi connectivity index (χ4v) is 2.93. The Morgan fingerprint density at radius 2 is 2.35 bits per heavy atom. The van der Waals surface area contributed by atoms with Gasteiger partial charge in [0.2, 0.25) is 5.91 Å². The van der Waals surface area contributed by atoms with Gasteiger partial charge in [0.05, 0.1) is 0 Å². The predicted molar refractivity (Wildman–Crippen MR) is 66.1 cm³/mol. The summed E-state index contributed by atoms with van der Waals surface area (Å²) < 4.78 is 0. The van der Waals surface area contributed by atoms with Crippen LogP contribution in [0.4, 0.5) is 0 Å². The van der Waals surface area contributed by atoms with Gasteiger partial charge in [-0.2, -0.15) is 0 Å². The third kappa shape index (κ3) is 1.86. The second-order valence-electron chi connectivity index (χ2n) is 4.99. The summed E-state index contributed by atoms with van der Waals surface area (Å²) in [5.41, 5.74) is 2.63. The molecule has 88 valence electrons. The highest BCUT2D eigenvalue weighted by Gasteiger charge is 2.37. The summed E-state index contributed by atoms with van der Waals surface area (Å²) in [5, 5.41) is 0. The van der Waals surface area contributed by atoms with Crippen LogP contribution in [0.15, 0.2) is 30.6 Å². The molecule has 0 radical (unpaired) electrons. The quantitative estimate of drug-likeness (QED) is 0.736. The maximum absolute atomic E-state index is 11.3. The molecule has 0 saturated carbocycles. The third-order valence-electron chi connectivity index (χ3n) is 3.87. The number of nitrogens with zero attached hydrogens (tertiary/aromatic N) is 2. The highest BCUT2D eigenvalue weighted by molar-refractivity contribution is 5.74. The summed E-state index contributed by atoms with van der Waals surface area (Å²) in [4.78, 5) is 17.4. The molecule has 3 nitrogen and oxygen atoms in total. The Morgan fingerprint density at radius 1 is 1.47 bits per heavy atom. The van der Waals surface area contributed by atoms with Crippen molar-refractivity contribution in [2.45, 2.75) is 13.3 Å². The van der Waals surface area contributed by atoms with Crippen molar-refractivity contribution in [3.05, 3.63) is 36.2 Å². The molecule has 17 heavy (non-hydrogen) atoms. The molecule has 2 atom stereocenters. The highest BCUT2D eigenvalue weighted by Crippen LogP contribution is 2.40. The van der Waals surface area contributed by atoms with Crippen LogP contribution in [0, 0.1) is 11.8 Å². The molecule has 2 heterocycles. The predicted octanol–water partition coefficient (Wildman–Crippen LogP) is 1.96. The van der Waals surface area contributed by atoms with Gasteiger partial charge >= 0.3 is 0 Å². The minimum Gasteiger partial charge on any atom is -0.342 e. The van der Waals surface area contributed by atoms with Gasteiger partial charge in [0.1, 0.15) is 0 Å². The molecule has 0 bridgehead atoms. The van der Waals surface area contributed by atoms with E-state index in [2.05, 4.69) is 17.1 Å². The van der Waals surface area contributed by atoms with Crippen molar-refractivity contribution in [3.8, 4) is 0 Å². The van der Waals surface area contributed by atoms with Crippen molar-refractivity contribution >= 4 is 11.5 Å². The van der Waals surface area contributed by atoms with Crippen molar-refractivity contribution in [1.29, 1.82) is 0 Å². The largest absolute Gasteiger partial charge is 0.342 e. The van der Waals surface area contributed by atoms with Gasteiger partial charge in [0.25, 0.3) is 0 Å². The SMILES string of the molecule is CC(=O)N1CC2C=C(c3cccnc3)CC2C1. The lowest BCUT2D eigenvalue weighted by atomic mass is 9.99. The lowest BCUT2D eigenvalue weighted by Gasteiger charge is -2.14. The Kier molecular flexibility index (Phi) is 2.46. The lowest BCUT2D eigenvalue weighted by molar-refractivity contribution is -0.128. The smallest absolute Gasteiger partial charge is 0.219 e. The molecule has 0 N–H and O–H groups in total. The average Bonchev–Trinajstić information content (AvgIpc) is 2.87. The Labute approximate surface area is 101 Å². The van der Waals surface area contributed by atoms with Crippen molar-refractivity contribution in [3.63, 3.8) is 0 Å². The fraction of sp³-hybridized carbons (Fsp3) is 0.429. The number of carbonyl (C=O) groups excluding carboxylic acids is 1. The van der Waals surface area contributed by atoms with Gasteiger partial charge < -0.3 is 4.90 Å². The monoisotopic (exact) mass is 228 g/mol. The summed E-state index contributed by atoms with van der Waals surface area (Å²) in [6.07, 6.45) is 7.15. The van der Waals surface area contributed by atoms with Crippen LogP contribution in [0.3, 0.4) is 0 Å². The van der Waals surface area contributed by atoms with E-state index in [0.29, 0.717) is 11.8 Å². The maximum Gasteiger partial charge on any atom is 0.219 e. The van der Waals surface area contributed by atoms with Crippen LogP contribution in [0.5, 0.6) is 0 Å². The number of amides is 1. The number of fused-ring (bicyclic) bond motifs is 1. The van der Waals surface area contributed by atoms with E-state index in [1.54, 1.807) is 13.1 Å². The van der Waals surface area contributed by atoms with Crippen LogP contribution in [0.1, 0.15) is 18.9 Å². The first-order valence-electron chi connectivity index (χ1n) is 6.10. The molecule has 2 unspecified atom stereocenters. The minimum atomic E-state index is 0.204. The standard InChI is InChI=1S/C14H16N2O/c1-10(17)16-8-13-5-12(6-14(13)9-16)11-3-2-4-15-7-11/h2-5,7,13-14H,6,8-9H2,1H3. The summed E-state index contributed by atoms with van der Waals surface area (Å²) >= 11 is 0. The number of likely N-dealkylation sites (tertiary alicyclic amines) is 1. The zero-order valence-corrected chi connectivity index (χ0v) is 9.97. The van der Waals surface area contributed by atoms with E-state index in [1.807, 2.05) is 17.2 Å². The van der Waals surface area contributed by atoms with E-state index in [9.17, 15) is 4.79 Å². The number of carbonyl (C=O) groups is 1. The fourth-order valence-electron chi connectivity index (χ4n) is 2.93. The Bertz CT molecular complexity index is 466. The number of hydrogen-bond donors (Lipinski definition) is 0. The van der Waals surface area contributed by atoms with Crippen molar-refractivity contribution in [1.82, 2.24) is 9.88 Å². The van der Waals surface area contributed by atoms with Gasteiger partial charge in [-0.1, -0.05) is 12.1 Å². The number of rotatable bonds is 1. The molecule has 1 aromatic heterocycles. The third-order valence-corrected chi connectivity index (χ3v) is 3.87. The van der Waals surface area contributed by atoms with Gasteiger partial charge in [-0.05, 0) is 35.5 Å². The lowest BCUT2D eigenvalue weighted by Crippen LogP contribution is -2.26. The number of hydrogen-bond acceptors (Lipinski definition) is 2. The molecule has 1 aliphatic carbocycles. The zero-order chi connectivity index (χ0) is 11.8. The molecule has 3 heteroatoms. The molecule has 1 aliphatic heterocycles. The second kappa shape index (κ2) is 3.99. The van der Waals surface area contributed by atoms with Crippen LogP contribution in [-0.4, -0.2) is 28.9 Å². The van der Waals surface area contributed by atoms with Crippen molar-refractivity contribution < 1.29 is 4.79 Å². The molecule has 0 aromatic carbocycles. The molecule has 1 fully saturated rings. The topological polar surface area (TPSA) is 33.2 Å². The van der Waals surface area contributed by atoms with Crippen LogP contribution in [-0.2, 0) is 4.79 Å². The first-order chi connectivity index (χ1) is 8.24. The summed E-state index contributed by atoms with van der Waals surface area (Å²) in [7, 11) is 0. The van der Waals surface area contributed by atoms with E-state index >= 15 is 0 Å². The molecular formula is C14H16N2O. The summed E-state index contributed by atoms with van der Waals surface area (Å²) in [6.45, 7) is 3.47. The van der Waals surface area contributed by atoms with E-state index in [1.165, 1.54) is 11.1 Å². The van der Waals surface area contributed by atoms with E-state index < -0.39 is 0 Å². The van der Waals surface area contributed by atoms with E-state index in [0.717, 1.165) is 19.5 Å². The average molecular weight is 228 g/mol. The van der Waals surface area contributed by atoms with Gasteiger partial charge in [-0.25, -0.2) is 0 Å².